The fraction of sp³-hybridized carbons (Fsp3) is 0.444. The highest BCUT2D eigenvalue weighted by molar-refractivity contribution is 8.02. The lowest BCUT2D eigenvalue weighted by Crippen LogP contribution is -2.52. The molecule has 3 fully saturated rings. The van der Waals surface area contributed by atoms with E-state index in [0.29, 0.717) is 24.4 Å². The predicted octanol–water partition coefficient (Wildman–Crippen LogP) is 2.42. The Bertz CT molecular complexity index is 1160. The normalized spacial score (nSPS) is 30.2. The monoisotopic (exact) mass is 509 g/mol. The van der Waals surface area contributed by atoms with E-state index in [1.807, 2.05) is 37.3 Å². The molecule has 3 amide bonds. The summed E-state index contributed by atoms with van der Waals surface area (Å²) >= 11 is 1.61. The molecule has 2 unspecified atom stereocenters. The molecule has 3 heterocycles. The summed E-state index contributed by atoms with van der Waals surface area (Å²) < 4.78 is 4.04. The first-order valence-electron chi connectivity index (χ1n) is 12.2. The number of thioether (sulfide) groups is 1. The van der Waals surface area contributed by atoms with Crippen LogP contribution >= 0.6 is 11.8 Å². The van der Waals surface area contributed by atoms with E-state index in [1.165, 1.54) is 4.90 Å². The zero-order valence-electron chi connectivity index (χ0n) is 20.4. The fourth-order valence-corrected chi connectivity index (χ4v) is 8.61. The van der Waals surface area contributed by atoms with Crippen LogP contribution in [0.25, 0.3) is 0 Å². The van der Waals surface area contributed by atoms with Gasteiger partial charge >= 0.3 is 0 Å². The van der Waals surface area contributed by atoms with Gasteiger partial charge in [-0.15, -0.1) is 11.8 Å². The van der Waals surface area contributed by atoms with Crippen LogP contribution in [0.5, 0.6) is 5.75 Å². The van der Waals surface area contributed by atoms with Gasteiger partial charge in [0, 0.05) is 23.5 Å². The van der Waals surface area contributed by atoms with Gasteiger partial charge in [-0.1, -0.05) is 30.3 Å². The zero-order valence-corrected chi connectivity index (χ0v) is 21.2. The van der Waals surface area contributed by atoms with Gasteiger partial charge in [-0.2, -0.15) is 0 Å². The second kappa shape index (κ2) is 9.44. The van der Waals surface area contributed by atoms with Crippen molar-refractivity contribution >= 4 is 35.2 Å². The lowest BCUT2D eigenvalue weighted by molar-refractivity contribution is -0.140. The Balaban J connectivity index is 1.42. The Kier molecular flexibility index (Phi) is 6.46. The number of nitrogens with zero attached hydrogens (tertiary/aromatic N) is 1. The van der Waals surface area contributed by atoms with Crippen molar-refractivity contribution in [3.63, 3.8) is 0 Å². The molecule has 0 saturated carbocycles. The molecule has 5 atom stereocenters. The maximum absolute atomic E-state index is 13.8. The van der Waals surface area contributed by atoms with Crippen molar-refractivity contribution in [3.8, 4) is 5.75 Å². The number of ether oxygens (including phenoxy) is 1. The molecular formula is C27H31N3O5S. The second-order valence-electron chi connectivity index (χ2n) is 9.90. The molecular weight excluding hydrogens is 478 g/mol. The summed E-state index contributed by atoms with van der Waals surface area (Å²) in [6, 6.07) is 15.9. The number of hydrogen-bond acceptors (Lipinski definition) is 6. The van der Waals surface area contributed by atoms with Crippen molar-refractivity contribution < 1.29 is 24.2 Å². The number of nitrogens with one attached hydrogen (secondary N) is 2. The van der Waals surface area contributed by atoms with Gasteiger partial charge in [0.05, 0.1) is 30.3 Å². The van der Waals surface area contributed by atoms with Crippen LogP contribution in [0.1, 0.15) is 25.3 Å². The first-order chi connectivity index (χ1) is 17.3. The molecule has 8 nitrogen and oxygen atoms in total. The Morgan fingerprint density at radius 1 is 1.11 bits per heavy atom. The molecule has 9 heteroatoms. The minimum Gasteiger partial charge on any atom is -0.497 e. The maximum atomic E-state index is 13.8. The topological polar surface area (TPSA) is 108 Å². The van der Waals surface area contributed by atoms with Crippen LogP contribution in [0.3, 0.4) is 0 Å². The van der Waals surface area contributed by atoms with Gasteiger partial charge < -0.3 is 25.4 Å². The summed E-state index contributed by atoms with van der Waals surface area (Å²) in [6.45, 7) is 2.22. The van der Waals surface area contributed by atoms with Crippen LogP contribution in [-0.2, 0) is 20.9 Å². The summed E-state index contributed by atoms with van der Waals surface area (Å²) in [6.07, 6.45) is 1.40. The van der Waals surface area contributed by atoms with Crippen molar-refractivity contribution in [1.82, 2.24) is 10.2 Å². The van der Waals surface area contributed by atoms with E-state index in [4.69, 9.17) is 4.74 Å². The average Bonchev–Trinajstić information content (AvgIpc) is 3.45. The number of anilines is 1. The van der Waals surface area contributed by atoms with Crippen LogP contribution < -0.4 is 15.4 Å². The highest BCUT2D eigenvalue weighted by Crippen LogP contribution is 2.71. The van der Waals surface area contributed by atoms with Crippen LogP contribution in [0.15, 0.2) is 54.6 Å². The van der Waals surface area contributed by atoms with E-state index >= 15 is 0 Å². The van der Waals surface area contributed by atoms with Gasteiger partial charge in [0.1, 0.15) is 11.8 Å². The fourth-order valence-electron chi connectivity index (χ4n) is 6.26. The molecule has 190 valence electrons. The van der Waals surface area contributed by atoms with E-state index < -0.39 is 27.4 Å². The molecule has 0 radical (unpaired) electrons. The predicted molar refractivity (Wildman–Crippen MR) is 137 cm³/mol. The number of likely N-dealkylation sites (tertiary alicyclic amines) is 1. The zero-order chi connectivity index (χ0) is 25.5. The lowest BCUT2D eigenvalue weighted by atomic mass is 9.66. The first-order valence-corrected chi connectivity index (χ1v) is 13.0. The summed E-state index contributed by atoms with van der Waals surface area (Å²) in [7, 11) is 1.57. The van der Waals surface area contributed by atoms with Crippen LogP contribution in [-0.4, -0.2) is 63.5 Å². The number of β-amino-alcohol motifs (C(OH)–C–C–N with tert-alkyl or cyclic N) is 1. The molecule has 5 rings (SSSR count). The molecule has 0 aromatic heterocycles. The highest BCUT2D eigenvalue weighted by Gasteiger charge is 2.77. The Hall–Kier alpha value is -3.04. The largest absolute Gasteiger partial charge is 0.497 e. The molecule has 2 aromatic rings. The lowest BCUT2D eigenvalue weighted by Gasteiger charge is -2.34. The molecule has 1 spiro atoms. The number of benzene rings is 2. The maximum Gasteiger partial charge on any atom is 0.248 e. The molecule has 3 saturated heterocycles. The summed E-state index contributed by atoms with van der Waals surface area (Å²) in [5, 5.41) is 15.7. The first kappa shape index (κ1) is 24.6. The summed E-state index contributed by atoms with van der Waals surface area (Å²) in [5.41, 5.74) is 1.58. The van der Waals surface area contributed by atoms with Gasteiger partial charge in [-0.05, 0) is 49.6 Å². The standard InChI is InChI=1S/C27H31N3O5S/c1-26-12-13-27(36-26)21(20(26)23(32)28-16-17-6-4-3-5-7-17)25(34)30(14-15-31)22(27)24(33)29-18-8-10-19(35-2)11-9-18/h3-11,20-22,31H,12-16H2,1-2H3,(H,28,32)(H,29,33)/t20-,21+,22?,26+,27?/m1/s1. The molecule has 2 bridgehead atoms. The number of carbonyl (C=O) groups excluding carboxylic acids is 3. The molecule has 3 aliphatic heterocycles. The average molecular weight is 510 g/mol. The van der Waals surface area contributed by atoms with Crippen molar-refractivity contribution in [2.24, 2.45) is 11.8 Å². The third-order valence-corrected chi connectivity index (χ3v) is 9.80. The Morgan fingerprint density at radius 3 is 2.50 bits per heavy atom. The Morgan fingerprint density at radius 2 is 1.83 bits per heavy atom. The highest BCUT2D eigenvalue weighted by atomic mass is 32.2. The molecule has 36 heavy (non-hydrogen) atoms. The van der Waals surface area contributed by atoms with E-state index in [9.17, 15) is 19.5 Å². The van der Waals surface area contributed by atoms with E-state index in [1.54, 1.807) is 43.1 Å². The number of carbonyl (C=O) groups is 3. The molecule has 2 aromatic carbocycles. The summed E-state index contributed by atoms with van der Waals surface area (Å²) in [4.78, 5) is 42.5. The van der Waals surface area contributed by atoms with Gasteiger partial charge in [0.15, 0.2) is 0 Å². The third-order valence-electron chi connectivity index (χ3n) is 7.82. The minimum atomic E-state index is -0.775. The number of aliphatic hydroxyl groups is 1. The van der Waals surface area contributed by atoms with Crippen LogP contribution in [0.4, 0.5) is 5.69 Å². The number of rotatable bonds is 8. The van der Waals surface area contributed by atoms with Gasteiger partial charge in [0.25, 0.3) is 0 Å². The van der Waals surface area contributed by atoms with Crippen molar-refractivity contribution in [2.45, 2.75) is 41.8 Å². The number of fused-ring (bicyclic) bond motifs is 1. The second-order valence-corrected chi connectivity index (χ2v) is 11.8. The van der Waals surface area contributed by atoms with Gasteiger partial charge in [-0.25, -0.2) is 0 Å². The van der Waals surface area contributed by atoms with E-state index in [-0.39, 0.29) is 30.9 Å². The number of methoxy groups -OCH3 is 1. The van der Waals surface area contributed by atoms with Crippen molar-refractivity contribution in [3.05, 3.63) is 60.2 Å². The van der Waals surface area contributed by atoms with Crippen LogP contribution in [0, 0.1) is 11.8 Å². The van der Waals surface area contributed by atoms with Crippen molar-refractivity contribution in [1.29, 1.82) is 0 Å². The minimum absolute atomic E-state index is 0.0490. The smallest absolute Gasteiger partial charge is 0.248 e. The van der Waals surface area contributed by atoms with Crippen molar-refractivity contribution in [2.75, 3.05) is 25.6 Å². The van der Waals surface area contributed by atoms with E-state index in [2.05, 4.69) is 10.6 Å². The van der Waals surface area contributed by atoms with Gasteiger partial charge in [0.2, 0.25) is 17.7 Å². The van der Waals surface area contributed by atoms with Crippen LogP contribution in [0.2, 0.25) is 0 Å². The SMILES string of the molecule is COc1ccc(NC(=O)C2N(CCO)C(=O)[C@@H]3[C@H](C(=O)NCc4ccccc4)[C@]4(C)CCC23S4)cc1. The van der Waals surface area contributed by atoms with E-state index in [0.717, 1.165) is 12.0 Å². The van der Waals surface area contributed by atoms with Gasteiger partial charge in [-0.3, -0.25) is 14.4 Å². The summed E-state index contributed by atoms with van der Waals surface area (Å²) in [5.74, 6) is -1.18. The number of amides is 3. The molecule has 3 N–H and O–H groups in total. The number of aliphatic hydroxyl groups excluding tert-OH is 1. The molecule has 3 aliphatic rings. The third kappa shape index (κ3) is 3.94. The number of hydrogen-bond donors (Lipinski definition) is 3. The molecule has 0 aliphatic carbocycles. The quantitative estimate of drug-likeness (QED) is 0.505. The Labute approximate surface area is 214 Å².